The van der Waals surface area contributed by atoms with Crippen LogP contribution in [0.4, 0.5) is 5.69 Å². The number of anilines is 1. The molecule has 2 rings (SSSR count). The second-order valence-electron chi connectivity index (χ2n) is 8.59. The van der Waals surface area contributed by atoms with Gasteiger partial charge in [-0.3, -0.25) is 13.9 Å². The van der Waals surface area contributed by atoms with Crippen LogP contribution in [-0.4, -0.2) is 84.0 Å². The van der Waals surface area contributed by atoms with Crippen LogP contribution in [0.3, 0.4) is 0 Å². The van der Waals surface area contributed by atoms with Crippen LogP contribution in [0, 0.1) is 0 Å². The van der Waals surface area contributed by atoms with Gasteiger partial charge in [0.05, 0.1) is 6.04 Å². The molecular formula is C20H33Cl2N3O8P2. The number of piperidine rings is 1. The second kappa shape index (κ2) is 12.7. The summed E-state index contributed by atoms with van der Waals surface area (Å²) in [5, 5.41) is 6.76. The summed E-state index contributed by atoms with van der Waals surface area (Å²) in [6, 6.07) is 5.40. The molecule has 11 nitrogen and oxygen atoms in total. The molecule has 35 heavy (non-hydrogen) atoms. The van der Waals surface area contributed by atoms with E-state index in [0.717, 1.165) is 11.3 Å². The molecule has 1 unspecified atom stereocenters. The maximum atomic E-state index is 13.1. The molecule has 1 aromatic carbocycles. The minimum Gasteiger partial charge on any atom is -0.369 e. The van der Waals surface area contributed by atoms with Crippen molar-refractivity contribution in [2.24, 2.45) is 5.73 Å². The number of rotatable bonds is 12. The number of aliphatic hydroxyl groups is 1. The van der Waals surface area contributed by atoms with Crippen molar-refractivity contribution in [1.82, 2.24) is 4.90 Å². The molecule has 0 aromatic heterocycles. The molecule has 7 N–H and O–H groups in total. The van der Waals surface area contributed by atoms with Gasteiger partial charge in [0, 0.05) is 49.5 Å². The Hall–Kier alpha value is -0.710. The fraction of sp³-hybridized carbons (Fsp3) is 0.650. The molecule has 1 fully saturated rings. The number of carbonyl (C=O) groups is 1. The Kier molecular flexibility index (Phi) is 11.1. The lowest BCUT2D eigenvalue weighted by Gasteiger charge is -2.41. The van der Waals surface area contributed by atoms with Gasteiger partial charge in [-0.05, 0) is 43.4 Å². The van der Waals surface area contributed by atoms with E-state index in [4.69, 9.17) is 28.9 Å². The van der Waals surface area contributed by atoms with Crippen LogP contribution >= 0.6 is 38.4 Å². The standard InChI is InChI=1S/C20H33Cl2N3O8P2/c21-8-11-24(12-9-22)16-6-4-15(5-7-16)13-18(23)19(26)25-10-2-1-3-17(25)14-20(27,34(28,29)30)35(31,32)33/h4-7,17-18,27H,1-3,8-14,23H2,(H2,28,29,30)(H2,31,32,33)/t17?,18-/m0/s1. The third-order valence-corrected chi connectivity index (χ3v) is 10.3. The van der Waals surface area contributed by atoms with Gasteiger partial charge in [-0.25, -0.2) is 0 Å². The SMILES string of the molecule is N[C@@H](Cc1ccc(N(CCCl)CCCl)cc1)C(=O)N1CCCCC1CC(O)(P(=O)(O)O)P(=O)(O)O. The molecule has 1 aliphatic heterocycles. The summed E-state index contributed by atoms with van der Waals surface area (Å²) in [5.74, 6) is 0.353. The fourth-order valence-corrected chi connectivity index (χ4v) is 6.86. The number of likely N-dealkylation sites (tertiary alicyclic amines) is 1. The summed E-state index contributed by atoms with van der Waals surface area (Å²) in [4.78, 5) is 54.4. The van der Waals surface area contributed by atoms with Crippen molar-refractivity contribution in [1.29, 1.82) is 0 Å². The van der Waals surface area contributed by atoms with Gasteiger partial charge in [-0.15, -0.1) is 23.2 Å². The van der Waals surface area contributed by atoms with E-state index < -0.39 is 44.7 Å². The lowest BCUT2D eigenvalue weighted by Crippen LogP contribution is -2.53. The fourth-order valence-electron chi connectivity index (χ4n) is 4.20. The molecule has 0 spiro atoms. The Balaban J connectivity index is 2.15. The van der Waals surface area contributed by atoms with E-state index in [-0.39, 0.29) is 19.4 Å². The molecule has 0 aliphatic carbocycles. The number of nitrogens with zero attached hydrogens (tertiary/aromatic N) is 2. The van der Waals surface area contributed by atoms with Crippen molar-refractivity contribution in [2.75, 3.05) is 36.3 Å². The predicted octanol–water partition coefficient (Wildman–Crippen LogP) is 1.61. The molecule has 1 saturated heterocycles. The first-order valence-electron chi connectivity index (χ1n) is 11.1. The van der Waals surface area contributed by atoms with E-state index in [1.165, 1.54) is 4.90 Å². The van der Waals surface area contributed by atoms with Gasteiger partial charge < -0.3 is 40.2 Å². The zero-order valence-corrected chi connectivity index (χ0v) is 22.4. The highest BCUT2D eigenvalue weighted by atomic mass is 35.5. The van der Waals surface area contributed by atoms with Gasteiger partial charge in [0.2, 0.25) is 5.91 Å². The van der Waals surface area contributed by atoms with Gasteiger partial charge in [0.25, 0.3) is 5.08 Å². The Morgan fingerprint density at radius 1 is 1.09 bits per heavy atom. The first-order valence-corrected chi connectivity index (χ1v) is 15.4. The molecule has 15 heteroatoms. The molecule has 200 valence electrons. The first kappa shape index (κ1) is 30.5. The number of benzene rings is 1. The average Bonchev–Trinajstić information content (AvgIpc) is 2.78. The highest BCUT2D eigenvalue weighted by Crippen LogP contribution is 2.69. The van der Waals surface area contributed by atoms with Crippen molar-refractivity contribution in [3.05, 3.63) is 29.8 Å². The summed E-state index contributed by atoms with van der Waals surface area (Å²) < 4.78 is 23.6. The summed E-state index contributed by atoms with van der Waals surface area (Å²) in [6.45, 7) is 1.44. The number of carbonyl (C=O) groups excluding carboxylic acids is 1. The van der Waals surface area contributed by atoms with Crippen molar-refractivity contribution in [2.45, 2.75) is 49.3 Å². The molecule has 0 bridgehead atoms. The molecule has 1 aromatic rings. The monoisotopic (exact) mass is 575 g/mol. The largest absolute Gasteiger partial charge is 0.369 e. The van der Waals surface area contributed by atoms with E-state index in [1.54, 1.807) is 0 Å². The number of alkyl halides is 2. The van der Waals surface area contributed by atoms with Gasteiger partial charge in [-0.2, -0.15) is 0 Å². The van der Waals surface area contributed by atoms with Crippen LogP contribution in [0.1, 0.15) is 31.2 Å². The minimum atomic E-state index is -5.63. The lowest BCUT2D eigenvalue weighted by atomic mass is 9.97. The number of halogens is 2. The van der Waals surface area contributed by atoms with Gasteiger partial charge >= 0.3 is 15.2 Å². The van der Waals surface area contributed by atoms with Crippen LogP contribution in [0.15, 0.2) is 24.3 Å². The summed E-state index contributed by atoms with van der Waals surface area (Å²) >= 11 is 11.7. The van der Waals surface area contributed by atoms with E-state index in [1.807, 2.05) is 29.2 Å². The number of hydrogen-bond acceptors (Lipinski definition) is 6. The number of amides is 1. The Morgan fingerprint density at radius 2 is 1.63 bits per heavy atom. The lowest BCUT2D eigenvalue weighted by molar-refractivity contribution is -0.137. The summed E-state index contributed by atoms with van der Waals surface area (Å²) in [6.07, 6.45) is 0.572. The number of nitrogens with two attached hydrogens (primary N) is 1. The third-order valence-electron chi connectivity index (χ3n) is 6.14. The van der Waals surface area contributed by atoms with Crippen LogP contribution in [0.5, 0.6) is 0 Å². The molecule has 0 radical (unpaired) electrons. The molecule has 1 heterocycles. The first-order chi connectivity index (χ1) is 16.2. The smallest absolute Gasteiger partial charge is 0.369 e. The van der Waals surface area contributed by atoms with Crippen molar-refractivity contribution in [3.8, 4) is 0 Å². The van der Waals surface area contributed by atoms with Crippen molar-refractivity contribution in [3.63, 3.8) is 0 Å². The highest BCUT2D eigenvalue weighted by Gasteiger charge is 2.60. The highest BCUT2D eigenvalue weighted by molar-refractivity contribution is 7.72. The third kappa shape index (κ3) is 7.65. The van der Waals surface area contributed by atoms with Crippen molar-refractivity contribution < 1.29 is 38.6 Å². The van der Waals surface area contributed by atoms with E-state index in [0.29, 0.717) is 37.7 Å². The molecule has 0 saturated carbocycles. The Morgan fingerprint density at radius 3 is 2.11 bits per heavy atom. The maximum Gasteiger partial charge on any atom is 0.369 e. The zero-order chi connectivity index (χ0) is 26.4. The van der Waals surface area contributed by atoms with Crippen LogP contribution < -0.4 is 10.6 Å². The quantitative estimate of drug-likeness (QED) is 0.158. The van der Waals surface area contributed by atoms with Crippen LogP contribution in [0.25, 0.3) is 0 Å². The topological polar surface area (TPSA) is 185 Å². The van der Waals surface area contributed by atoms with E-state index >= 15 is 0 Å². The molecule has 1 aliphatic rings. The van der Waals surface area contributed by atoms with Crippen LogP contribution in [0.2, 0.25) is 0 Å². The number of hydrogen-bond donors (Lipinski definition) is 6. The predicted molar refractivity (Wildman–Crippen MR) is 135 cm³/mol. The normalized spacial score (nSPS) is 18.4. The Labute approximate surface area is 214 Å². The summed E-state index contributed by atoms with van der Waals surface area (Å²) in [5.41, 5.74) is 7.86. The minimum absolute atomic E-state index is 0.175. The molecule has 1 amide bonds. The Bertz CT molecular complexity index is 915. The maximum absolute atomic E-state index is 13.1. The zero-order valence-electron chi connectivity index (χ0n) is 19.1. The van der Waals surface area contributed by atoms with E-state index in [9.17, 15) is 38.6 Å². The average molecular weight is 576 g/mol. The molecule has 2 atom stereocenters. The van der Waals surface area contributed by atoms with Gasteiger partial charge in [0.1, 0.15) is 0 Å². The van der Waals surface area contributed by atoms with Crippen LogP contribution in [-0.2, 0) is 20.3 Å². The van der Waals surface area contributed by atoms with Crippen molar-refractivity contribution >= 4 is 50.0 Å². The molecular weight excluding hydrogens is 543 g/mol. The van der Waals surface area contributed by atoms with E-state index in [2.05, 4.69) is 0 Å². The van der Waals surface area contributed by atoms with Gasteiger partial charge in [0.15, 0.2) is 0 Å². The summed E-state index contributed by atoms with van der Waals surface area (Å²) in [7, 11) is -11.3. The second-order valence-corrected chi connectivity index (χ2v) is 13.4. The van der Waals surface area contributed by atoms with Gasteiger partial charge in [-0.1, -0.05) is 12.1 Å².